The van der Waals surface area contributed by atoms with Crippen LogP contribution in [0.3, 0.4) is 0 Å². The summed E-state index contributed by atoms with van der Waals surface area (Å²) >= 11 is 0. The van der Waals surface area contributed by atoms with Crippen molar-refractivity contribution in [2.24, 2.45) is 0 Å². The standard InChI is InChI=1S/C12H12N2O4S/c15-12(16)8-3-4-14-9(6-8)7-13-11(14)10-2-1-5-19(10,17)18/h3-4,6-7,10H,1-2,5H2,(H,15,16). The summed E-state index contributed by atoms with van der Waals surface area (Å²) < 4.78 is 25.5. The highest BCUT2D eigenvalue weighted by Gasteiger charge is 2.35. The van der Waals surface area contributed by atoms with Crippen molar-refractivity contribution in [3.05, 3.63) is 35.9 Å². The van der Waals surface area contributed by atoms with Crippen molar-refractivity contribution in [3.63, 3.8) is 0 Å². The number of fused-ring (bicyclic) bond motifs is 1. The number of carbonyl (C=O) groups is 1. The van der Waals surface area contributed by atoms with Gasteiger partial charge in [0.15, 0.2) is 9.84 Å². The quantitative estimate of drug-likeness (QED) is 0.895. The first-order valence-electron chi connectivity index (χ1n) is 5.91. The highest BCUT2D eigenvalue weighted by molar-refractivity contribution is 7.91. The number of sulfone groups is 1. The number of hydrogen-bond donors (Lipinski definition) is 1. The summed E-state index contributed by atoms with van der Waals surface area (Å²) in [5, 5.41) is 8.34. The Labute approximate surface area is 109 Å². The van der Waals surface area contributed by atoms with Crippen LogP contribution in [-0.2, 0) is 9.84 Å². The fraction of sp³-hybridized carbons (Fsp3) is 0.333. The molecule has 1 atom stereocenters. The second-order valence-corrected chi connectivity index (χ2v) is 6.93. The molecule has 19 heavy (non-hydrogen) atoms. The van der Waals surface area contributed by atoms with E-state index >= 15 is 0 Å². The summed E-state index contributed by atoms with van der Waals surface area (Å²) in [5.74, 6) is -0.344. The van der Waals surface area contributed by atoms with E-state index in [4.69, 9.17) is 5.11 Å². The normalized spacial score (nSPS) is 21.8. The van der Waals surface area contributed by atoms with Crippen LogP contribution in [0.1, 0.15) is 34.3 Å². The molecule has 0 saturated carbocycles. The average molecular weight is 280 g/mol. The molecule has 1 N–H and O–H groups in total. The van der Waals surface area contributed by atoms with Crippen LogP contribution in [0.4, 0.5) is 0 Å². The minimum atomic E-state index is -3.13. The summed E-state index contributed by atoms with van der Waals surface area (Å²) in [6.45, 7) is 0. The van der Waals surface area contributed by atoms with E-state index in [1.165, 1.54) is 18.3 Å². The lowest BCUT2D eigenvalue weighted by atomic mass is 10.2. The molecule has 1 saturated heterocycles. The third-order valence-electron chi connectivity index (χ3n) is 3.42. The van der Waals surface area contributed by atoms with Gasteiger partial charge in [0.25, 0.3) is 0 Å². The highest BCUT2D eigenvalue weighted by atomic mass is 32.2. The number of pyridine rings is 1. The van der Waals surface area contributed by atoms with E-state index in [1.54, 1.807) is 10.6 Å². The molecule has 3 rings (SSSR count). The lowest BCUT2D eigenvalue weighted by Gasteiger charge is -2.08. The highest BCUT2D eigenvalue weighted by Crippen LogP contribution is 2.34. The van der Waals surface area contributed by atoms with Gasteiger partial charge in [0.1, 0.15) is 11.1 Å². The van der Waals surface area contributed by atoms with Crippen LogP contribution in [-0.4, -0.2) is 34.6 Å². The fourth-order valence-corrected chi connectivity index (χ4v) is 4.35. The molecule has 0 bridgehead atoms. The third kappa shape index (κ3) is 1.90. The number of rotatable bonds is 2. The molecule has 1 aliphatic rings. The maximum atomic E-state index is 11.9. The topological polar surface area (TPSA) is 88.7 Å². The monoisotopic (exact) mass is 280 g/mol. The van der Waals surface area contributed by atoms with Gasteiger partial charge in [-0.15, -0.1) is 0 Å². The Kier molecular flexibility index (Phi) is 2.60. The number of carboxylic acids is 1. The van der Waals surface area contributed by atoms with Crippen molar-refractivity contribution >= 4 is 21.3 Å². The Bertz CT molecular complexity index is 763. The molecule has 3 heterocycles. The fourth-order valence-electron chi connectivity index (χ4n) is 2.47. The number of imidazole rings is 1. The molecular formula is C12H12N2O4S. The van der Waals surface area contributed by atoms with Crippen molar-refractivity contribution in [2.45, 2.75) is 18.1 Å². The molecule has 2 aromatic heterocycles. The van der Waals surface area contributed by atoms with Gasteiger partial charge >= 0.3 is 5.97 Å². The molecule has 1 aliphatic heterocycles. The Morgan fingerprint density at radius 2 is 2.26 bits per heavy atom. The Hall–Kier alpha value is -1.89. The lowest BCUT2D eigenvalue weighted by molar-refractivity contribution is 0.0697. The molecule has 2 aromatic rings. The molecule has 0 radical (unpaired) electrons. The van der Waals surface area contributed by atoms with Crippen molar-refractivity contribution < 1.29 is 18.3 Å². The van der Waals surface area contributed by atoms with E-state index in [0.29, 0.717) is 24.2 Å². The van der Waals surface area contributed by atoms with Gasteiger partial charge in [-0.05, 0) is 25.0 Å². The van der Waals surface area contributed by atoms with Crippen LogP contribution in [0.15, 0.2) is 24.5 Å². The molecule has 0 aliphatic carbocycles. The van der Waals surface area contributed by atoms with Gasteiger partial charge in [-0.1, -0.05) is 0 Å². The third-order valence-corrected chi connectivity index (χ3v) is 5.60. The lowest BCUT2D eigenvalue weighted by Crippen LogP contribution is -2.11. The predicted molar refractivity (Wildman–Crippen MR) is 67.9 cm³/mol. The minimum absolute atomic E-state index is 0.160. The first kappa shape index (κ1) is 12.2. The van der Waals surface area contributed by atoms with Gasteiger partial charge < -0.3 is 9.51 Å². The number of hydrogen-bond acceptors (Lipinski definition) is 4. The van der Waals surface area contributed by atoms with Gasteiger partial charge in [0.05, 0.1) is 23.0 Å². The minimum Gasteiger partial charge on any atom is -0.478 e. The van der Waals surface area contributed by atoms with Crippen LogP contribution >= 0.6 is 0 Å². The largest absolute Gasteiger partial charge is 0.478 e. The van der Waals surface area contributed by atoms with Crippen molar-refractivity contribution in [1.82, 2.24) is 9.38 Å². The zero-order valence-electron chi connectivity index (χ0n) is 9.98. The SMILES string of the molecule is O=C(O)c1ccn2c(C3CCCS3(=O)=O)ncc2c1. The van der Waals surface area contributed by atoms with E-state index in [0.717, 1.165) is 0 Å². The van der Waals surface area contributed by atoms with Gasteiger partial charge in [0, 0.05) is 6.20 Å². The molecule has 7 heteroatoms. The van der Waals surface area contributed by atoms with E-state index in [-0.39, 0.29) is 11.3 Å². The summed E-state index contributed by atoms with van der Waals surface area (Å²) in [5.41, 5.74) is 0.755. The number of carboxylic acid groups (broad SMARTS) is 1. The van der Waals surface area contributed by atoms with Gasteiger partial charge in [-0.3, -0.25) is 0 Å². The van der Waals surface area contributed by atoms with Crippen molar-refractivity contribution in [2.75, 3.05) is 5.75 Å². The van der Waals surface area contributed by atoms with Gasteiger partial charge in [0.2, 0.25) is 0 Å². The number of aromatic nitrogens is 2. The Balaban J connectivity index is 2.14. The summed E-state index contributed by atoms with van der Waals surface area (Å²) in [6, 6.07) is 2.93. The summed E-state index contributed by atoms with van der Waals surface area (Å²) in [4.78, 5) is 15.0. The molecule has 100 valence electrons. The zero-order valence-corrected chi connectivity index (χ0v) is 10.8. The van der Waals surface area contributed by atoms with E-state index in [2.05, 4.69) is 4.98 Å². The summed E-state index contributed by atoms with van der Waals surface area (Å²) in [7, 11) is -3.13. The molecular weight excluding hydrogens is 268 g/mol. The molecule has 1 unspecified atom stereocenters. The maximum absolute atomic E-state index is 11.9. The summed E-state index contributed by atoms with van der Waals surface area (Å²) in [6.07, 6.45) is 4.29. The molecule has 0 spiro atoms. The van der Waals surface area contributed by atoms with E-state index in [1.807, 2.05) is 0 Å². The Morgan fingerprint density at radius 3 is 2.89 bits per heavy atom. The molecule has 0 aromatic carbocycles. The van der Waals surface area contributed by atoms with Crippen LogP contribution in [0, 0.1) is 0 Å². The molecule has 1 fully saturated rings. The van der Waals surface area contributed by atoms with Crippen molar-refractivity contribution in [3.8, 4) is 0 Å². The predicted octanol–water partition coefficient (Wildman–Crippen LogP) is 1.28. The number of nitrogens with zero attached hydrogens (tertiary/aromatic N) is 2. The van der Waals surface area contributed by atoms with Crippen LogP contribution in [0.25, 0.3) is 5.52 Å². The maximum Gasteiger partial charge on any atom is 0.335 e. The van der Waals surface area contributed by atoms with Crippen LogP contribution in [0.2, 0.25) is 0 Å². The smallest absolute Gasteiger partial charge is 0.335 e. The van der Waals surface area contributed by atoms with Gasteiger partial charge in [-0.2, -0.15) is 0 Å². The van der Waals surface area contributed by atoms with Crippen LogP contribution < -0.4 is 0 Å². The second-order valence-electron chi connectivity index (χ2n) is 4.63. The average Bonchev–Trinajstić information content (AvgIpc) is 2.90. The second kappa shape index (κ2) is 4.06. The van der Waals surface area contributed by atoms with Gasteiger partial charge in [-0.25, -0.2) is 18.2 Å². The zero-order chi connectivity index (χ0) is 13.6. The first-order valence-corrected chi connectivity index (χ1v) is 7.62. The number of aromatic carboxylic acids is 1. The first-order chi connectivity index (χ1) is 8.99. The van der Waals surface area contributed by atoms with Crippen LogP contribution in [0.5, 0.6) is 0 Å². The van der Waals surface area contributed by atoms with E-state index in [9.17, 15) is 13.2 Å². The van der Waals surface area contributed by atoms with E-state index < -0.39 is 21.1 Å². The molecule has 0 amide bonds. The van der Waals surface area contributed by atoms with Crippen molar-refractivity contribution in [1.29, 1.82) is 0 Å². The molecule has 6 nitrogen and oxygen atoms in total. The Morgan fingerprint density at radius 1 is 1.47 bits per heavy atom.